The van der Waals surface area contributed by atoms with Crippen molar-refractivity contribution < 1.29 is 0 Å². The second kappa shape index (κ2) is 12.8. The molecule has 3 nitrogen and oxygen atoms in total. The summed E-state index contributed by atoms with van der Waals surface area (Å²) < 4.78 is 4.94. The minimum absolute atomic E-state index is 0.978. The molecule has 0 unspecified atom stereocenters. The molecule has 0 saturated carbocycles. The molecule has 0 fully saturated rings. The molecule has 0 bridgehead atoms. The SMILES string of the molecule is c1ccc(-c2ccc3c(c2)c2c(ccc4c5cc(-c6ccccc6)ccc5n(-c5ccccc5)c42)n3-c2sc(-c3ccccc3)nc2-c2ccccc2)cc1. The summed E-state index contributed by atoms with van der Waals surface area (Å²) in [5, 5.41) is 6.99. The summed E-state index contributed by atoms with van der Waals surface area (Å²) in [6.07, 6.45) is 0. The molecule has 8 aromatic carbocycles. The highest BCUT2D eigenvalue weighted by atomic mass is 32.1. The maximum atomic E-state index is 5.38. The van der Waals surface area contributed by atoms with Crippen LogP contribution in [-0.4, -0.2) is 14.1 Å². The zero-order valence-corrected chi connectivity index (χ0v) is 30.6. The van der Waals surface area contributed by atoms with Crippen LogP contribution in [0.1, 0.15) is 0 Å². The number of thiazole rings is 1. The normalized spacial score (nSPS) is 11.6. The number of nitrogens with zero attached hydrogens (tertiary/aromatic N) is 3. The molecule has 11 rings (SSSR count). The Hall–Kier alpha value is -7.01. The first-order chi connectivity index (χ1) is 27.3. The molecule has 3 aromatic heterocycles. The van der Waals surface area contributed by atoms with Crippen LogP contribution in [0.25, 0.3) is 98.4 Å². The number of benzene rings is 8. The van der Waals surface area contributed by atoms with Gasteiger partial charge in [0.05, 0.1) is 22.1 Å². The van der Waals surface area contributed by atoms with Crippen molar-refractivity contribution in [3.8, 4) is 54.8 Å². The van der Waals surface area contributed by atoms with Gasteiger partial charge in [0.15, 0.2) is 0 Å². The van der Waals surface area contributed by atoms with Crippen molar-refractivity contribution in [1.29, 1.82) is 0 Å². The van der Waals surface area contributed by atoms with E-state index in [1.165, 1.54) is 54.8 Å². The van der Waals surface area contributed by atoms with Crippen LogP contribution in [0.2, 0.25) is 0 Å². The Bertz CT molecular complexity index is 3160. The third kappa shape index (κ3) is 5.14. The summed E-state index contributed by atoms with van der Waals surface area (Å²) in [6.45, 7) is 0. The van der Waals surface area contributed by atoms with E-state index in [4.69, 9.17) is 4.98 Å². The Balaban J connectivity index is 1.30. The average molecular weight is 720 g/mol. The van der Waals surface area contributed by atoms with Gasteiger partial charge in [-0.2, -0.15) is 0 Å². The third-order valence-electron chi connectivity index (χ3n) is 10.8. The third-order valence-corrected chi connectivity index (χ3v) is 11.9. The van der Waals surface area contributed by atoms with Gasteiger partial charge in [-0.3, -0.25) is 4.57 Å². The van der Waals surface area contributed by atoms with Gasteiger partial charge in [-0.25, -0.2) is 4.98 Å². The van der Waals surface area contributed by atoms with Crippen molar-refractivity contribution in [3.05, 3.63) is 200 Å². The molecular formula is C51H33N3S. The van der Waals surface area contributed by atoms with Gasteiger partial charge in [0.1, 0.15) is 15.7 Å². The van der Waals surface area contributed by atoms with Crippen LogP contribution in [0.5, 0.6) is 0 Å². The summed E-state index contributed by atoms with van der Waals surface area (Å²) in [5.74, 6) is 0. The van der Waals surface area contributed by atoms with Gasteiger partial charge < -0.3 is 4.57 Å². The molecule has 11 aromatic rings. The van der Waals surface area contributed by atoms with E-state index < -0.39 is 0 Å². The van der Waals surface area contributed by atoms with Gasteiger partial charge in [-0.15, -0.1) is 0 Å². The van der Waals surface area contributed by atoms with Crippen LogP contribution in [0.4, 0.5) is 0 Å². The molecule has 0 spiro atoms. The van der Waals surface area contributed by atoms with Gasteiger partial charge in [0.2, 0.25) is 0 Å². The van der Waals surface area contributed by atoms with E-state index in [2.05, 4.69) is 209 Å². The predicted octanol–water partition coefficient (Wildman–Crippen LogP) is 14.0. The summed E-state index contributed by atoms with van der Waals surface area (Å²) >= 11 is 1.75. The molecule has 0 amide bonds. The maximum absolute atomic E-state index is 5.38. The fraction of sp³-hybridized carbons (Fsp3) is 0. The molecule has 0 atom stereocenters. The van der Waals surface area contributed by atoms with Crippen LogP contribution in [0.15, 0.2) is 200 Å². The summed E-state index contributed by atoms with van der Waals surface area (Å²) in [7, 11) is 0. The van der Waals surface area contributed by atoms with E-state index in [9.17, 15) is 0 Å². The van der Waals surface area contributed by atoms with Crippen molar-refractivity contribution in [1.82, 2.24) is 14.1 Å². The monoisotopic (exact) mass is 719 g/mol. The van der Waals surface area contributed by atoms with Crippen LogP contribution in [-0.2, 0) is 0 Å². The molecule has 0 aliphatic carbocycles. The Kier molecular flexibility index (Phi) is 7.35. The Labute approximate surface area is 322 Å². The minimum Gasteiger partial charge on any atom is -0.309 e. The lowest BCUT2D eigenvalue weighted by Gasteiger charge is -2.10. The lowest BCUT2D eigenvalue weighted by Crippen LogP contribution is -1.95. The number of hydrogen-bond acceptors (Lipinski definition) is 2. The van der Waals surface area contributed by atoms with Gasteiger partial charge in [-0.1, -0.05) is 169 Å². The Morgan fingerprint density at radius 2 is 0.855 bits per heavy atom. The first kappa shape index (κ1) is 31.5. The van der Waals surface area contributed by atoms with Crippen LogP contribution < -0.4 is 0 Å². The van der Waals surface area contributed by atoms with Gasteiger partial charge in [-0.05, 0) is 64.7 Å². The lowest BCUT2D eigenvalue weighted by molar-refractivity contribution is 1.18. The first-order valence-electron chi connectivity index (χ1n) is 18.6. The molecule has 55 heavy (non-hydrogen) atoms. The second-order valence-corrected chi connectivity index (χ2v) is 14.9. The lowest BCUT2D eigenvalue weighted by atomic mass is 10.0. The molecule has 0 N–H and O–H groups in total. The van der Waals surface area contributed by atoms with Crippen LogP contribution >= 0.6 is 11.3 Å². The summed E-state index contributed by atoms with van der Waals surface area (Å²) in [5.41, 5.74) is 13.8. The topological polar surface area (TPSA) is 22.8 Å². The Morgan fingerprint density at radius 3 is 1.45 bits per heavy atom. The zero-order chi connectivity index (χ0) is 36.3. The number of para-hydroxylation sites is 1. The van der Waals surface area contributed by atoms with Crippen LogP contribution in [0.3, 0.4) is 0 Å². The molecule has 3 heterocycles. The molecular weight excluding hydrogens is 687 g/mol. The largest absolute Gasteiger partial charge is 0.309 e. The molecule has 0 aliphatic rings. The Morgan fingerprint density at radius 1 is 0.364 bits per heavy atom. The minimum atomic E-state index is 0.978. The quantitative estimate of drug-likeness (QED) is 0.168. The second-order valence-electron chi connectivity index (χ2n) is 14.0. The van der Waals surface area contributed by atoms with Crippen molar-refractivity contribution >= 4 is 54.9 Å². The van der Waals surface area contributed by atoms with E-state index in [-0.39, 0.29) is 0 Å². The van der Waals surface area contributed by atoms with Crippen molar-refractivity contribution in [3.63, 3.8) is 0 Å². The van der Waals surface area contributed by atoms with Crippen molar-refractivity contribution in [2.45, 2.75) is 0 Å². The molecule has 4 heteroatoms. The summed E-state index contributed by atoms with van der Waals surface area (Å²) in [4.78, 5) is 5.38. The number of hydrogen-bond donors (Lipinski definition) is 0. The van der Waals surface area contributed by atoms with Crippen molar-refractivity contribution in [2.75, 3.05) is 0 Å². The van der Waals surface area contributed by atoms with E-state index >= 15 is 0 Å². The van der Waals surface area contributed by atoms with E-state index in [1.54, 1.807) is 11.3 Å². The van der Waals surface area contributed by atoms with Gasteiger partial charge in [0.25, 0.3) is 0 Å². The number of rotatable bonds is 6. The summed E-state index contributed by atoms with van der Waals surface area (Å²) in [6, 6.07) is 72.0. The smallest absolute Gasteiger partial charge is 0.129 e. The van der Waals surface area contributed by atoms with Crippen LogP contribution in [0, 0.1) is 0 Å². The first-order valence-corrected chi connectivity index (χ1v) is 19.5. The highest BCUT2D eigenvalue weighted by molar-refractivity contribution is 7.18. The zero-order valence-electron chi connectivity index (χ0n) is 29.8. The molecule has 0 radical (unpaired) electrons. The molecule has 0 saturated heterocycles. The molecule has 0 aliphatic heterocycles. The van der Waals surface area contributed by atoms with Gasteiger partial charge in [0, 0.05) is 38.4 Å². The van der Waals surface area contributed by atoms with E-state index in [1.807, 2.05) is 0 Å². The van der Waals surface area contributed by atoms with Gasteiger partial charge >= 0.3 is 0 Å². The predicted molar refractivity (Wildman–Crippen MR) is 233 cm³/mol. The number of fused-ring (bicyclic) bond motifs is 7. The number of aromatic nitrogens is 3. The fourth-order valence-corrected chi connectivity index (χ4v) is 9.37. The fourth-order valence-electron chi connectivity index (χ4n) is 8.25. The van der Waals surface area contributed by atoms with E-state index in [0.717, 1.165) is 43.6 Å². The molecule has 258 valence electrons. The maximum Gasteiger partial charge on any atom is 0.129 e. The highest BCUT2D eigenvalue weighted by Crippen LogP contribution is 2.46. The average Bonchev–Trinajstić information content (AvgIpc) is 3.95. The van der Waals surface area contributed by atoms with Crippen molar-refractivity contribution in [2.24, 2.45) is 0 Å². The van der Waals surface area contributed by atoms with E-state index in [0.29, 0.717) is 0 Å². The standard InChI is InChI=1S/C51H33N3S/c1-6-16-34(17-7-1)38-26-29-44-42(32-38)41-28-31-46-47(49(41)53(44)40-24-14-5-15-25-40)43-33-39(35-18-8-2-9-19-35)27-30-45(43)54(46)51-48(36-20-10-3-11-21-36)52-50(55-51)37-22-12-4-13-23-37/h1-33H. The highest BCUT2D eigenvalue weighted by Gasteiger charge is 2.25.